The minimum Gasteiger partial charge on any atom is -0.378 e. The van der Waals surface area contributed by atoms with Crippen LogP contribution in [0.3, 0.4) is 0 Å². The molecule has 5 aliphatic rings. The number of hydrogen-bond acceptors (Lipinski definition) is 4. The Balaban J connectivity index is 1.22. The van der Waals surface area contributed by atoms with E-state index in [1.54, 1.807) is 0 Å². The zero-order valence-corrected chi connectivity index (χ0v) is 16.2. The average Bonchev–Trinajstić information content (AvgIpc) is 3.18. The van der Waals surface area contributed by atoms with E-state index in [0.29, 0.717) is 23.4 Å². The van der Waals surface area contributed by atoms with Gasteiger partial charge in [0.2, 0.25) is 0 Å². The zero-order valence-electron chi connectivity index (χ0n) is 16.2. The lowest BCUT2D eigenvalue weighted by Gasteiger charge is -2.47. The van der Waals surface area contributed by atoms with Crippen LogP contribution in [-0.4, -0.2) is 59.8 Å². The van der Waals surface area contributed by atoms with Gasteiger partial charge in [0.1, 0.15) is 0 Å². The van der Waals surface area contributed by atoms with Crippen LogP contribution in [-0.2, 0) is 17.8 Å². The molecule has 1 aromatic heterocycles. The van der Waals surface area contributed by atoms with E-state index in [9.17, 15) is 4.79 Å². The van der Waals surface area contributed by atoms with Crippen molar-refractivity contribution in [2.45, 2.75) is 50.7 Å². The summed E-state index contributed by atoms with van der Waals surface area (Å²) in [6.45, 7) is 8.19. The summed E-state index contributed by atoms with van der Waals surface area (Å²) in [5.74, 6) is 2.93. The molecule has 1 aliphatic carbocycles. The fourth-order valence-electron chi connectivity index (χ4n) is 6.58. The Labute approximate surface area is 161 Å². The number of rotatable bonds is 3. The van der Waals surface area contributed by atoms with Gasteiger partial charge in [-0.25, -0.2) is 0 Å². The number of hydrogen-bond donors (Lipinski definition) is 0. The topological polar surface area (TPSA) is 37.7 Å². The van der Waals surface area contributed by atoms with Gasteiger partial charge < -0.3 is 9.30 Å². The van der Waals surface area contributed by atoms with Gasteiger partial charge >= 0.3 is 0 Å². The summed E-state index contributed by atoms with van der Waals surface area (Å²) in [5.41, 5.74) is 2.59. The van der Waals surface area contributed by atoms with Gasteiger partial charge in [0.25, 0.3) is 5.56 Å². The van der Waals surface area contributed by atoms with Gasteiger partial charge in [0, 0.05) is 56.4 Å². The predicted molar refractivity (Wildman–Crippen MR) is 104 cm³/mol. The monoisotopic (exact) mass is 369 g/mol. The first-order valence-corrected chi connectivity index (χ1v) is 11.0. The molecule has 0 unspecified atom stereocenters. The molecule has 27 heavy (non-hydrogen) atoms. The maximum absolute atomic E-state index is 13.3. The number of likely N-dealkylation sites (tertiary alicyclic amines) is 2. The van der Waals surface area contributed by atoms with Crippen molar-refractivity contribution in [3.8, 4) is 0 Å². The molecule has 0 radical (unpaired) electrons. The third-order valence-electron chi connectivity index (χ3n) is 8.04. The number of fused-ring (bicyclic) bond motifs is 5. The Bertz CT molecular complexity index is 774. The third kappa shape index (κ3) is 2.81. The van der Waals surface area contributed by atoms with Gasteiger partial charge in [-0.15, -0.1) is 0 Å². The summed E-state index contributed by atoms with van der Waals surface area (Å²) < 4.78 is 7.54. The van der Waals surface area contributed by atoms with E-state index in [4.69, 9.17) is 4.74 Å². The van der Waals surface area contributed by atoms with Crippen molar-refractivity contribution in [2.24, 2.45) is 17.8 Å². The zero-order chi connectivity index (χ0) is 18.0. The molecule has 4 aliphatic heterocycles. The Morgan fingerprint density at radius 2 is 1.81 bits per heavy atom. The number of aromatic nitrogens is 1. The molecule has 0 amide bonds. The second-order valence-corrected chi connectivity index (χ2v) is 9.79. The number of piperidine rings is 1. The third-order valence-corrected chi connectivity index (χ3v) is 8.04. The highest BCUT2D eigenvalue weighted by Crippen LogP contribution is 2.39. The van der Waals surface area contributed by atoms with Crippen LogP contribution in [0, 0.1) is 17.8 Å². The quantitative estimate of drug-likeness (QED) is 0.816. The second-order valence-electron chi connectivity index (χ2n) is 9.79. The largest absolute Gasteiger partial charge is 0.378 e. The molecular formula is C22H31N3O2. The van der Waals surface area contributed by atoms with Crippen molar-refractivity contribution in [1.29, 1.82) is 0 Å². The predicted octanol–water partition coefficient (Wildman–Crippen LogP) is 1.90. The molecule has 4 fully saturated rings. The first kappa shape index (κ1) is 16.8. The fourth-order valence-corrected chi connectivity index (χ4v) is 6.58. The number of nitrogens with zero attached hydrogens (tertiary/aromatic N) is 3. The van der Waals surface area contributed by atoms with E-state index in [-0.39, 0.29) is 0 Å². The molecule has 2 bridgehead atoms. The smallest absolute Gasteiger partial charge is 0.255 e. The van der Waals surface area contributed by atoms with Gasteiger partial charge in [-0.3, -0.25) is 14.6 Å². The SMILES string of the molecule is O=c1c(CN2C[C@H]3CCC[C@H]3C2)ccc2n1C[C@H]1C[C@@H]2CN(C2COC2)C1. The Morgan fingerprint density at radius 1 is 1.00 bits per heavy atom. The number of ether oxygens (including phenoxy) is 1. The van der Waals surface area contributed by atoms with Crippen LogP contribution < -0.4 is 5.56 Å². The summed E-state index contributed by atoms with van der Waals surface area (Å²) in [4.78, 5) is 18.4. The Hall–Kier alpha value is -1.17. The average molecular weight is 370 g/mol. The van der Waals surface area contributed by atoms with Gasteiger partial charge in [0.15, 0.2) is 0 Å². The molecule has 5 heteroatoms. The van der Waals surface area contributed by atoms with Crippen LogP contribution >= 0.6 is 0 Å². The Kier molecular flexibility index (Phi) is 3.99. The molecule has 0 spiro atoms. The molecule has 1 aromatic rings. The lowest BCUT2D eigenvalue weighted by molar-refractivity contribution is -0.0827. The van der Waals surface area contributed by atoms with Crippen molar-refractivity contribution in [2.75, 3.05) is 39.4 Å². The van der Waals surface area contributed by atoms with E-state index in [0.717, 1.165) is 56.8 Å². The summed E-state index contributed by atoms with van der Waals surface area (Å²) in [6, 6.07) is 5.03. The minimum atomic E-state index is 0.291. The lowest BCUT2D eigenvalue weighted by atomic mass is 9.82. The second kappa shape index (κ2) is 6.43. The molecule has 3 saturated heterocycles. The summed E-state index contributed by atoms with van der Waals surface area (Å²) in [7, 11) is 0. The van der Waals surface area contributed by atoms with E-state index in [1.165, 1.54) is 44.5 Å². The standard InChI is InChI=1S/C22H31N3O2/c26-22-18(11-23-9-16-2-1-3-17(16)10-23)4-5-21-19-6-15(8-25(21)22)7-24(12-19)20-13-27-14-20/h4-5,15-17,19-20H,1-3,6-14H2/t15-,16-,17+,19+/m0/s1. The van der Waals surface area contributed by atoms with E-state index >= 15 is 0 Å². The molecule has 4 atom stereocenters. The van der Waals surface area contributed by atoms with Gasteiger partial charge in [0.05, 0.1) is 19.3 Å². The van der Waals surface area contributed by atoms with Crippen molar-refractivity contribution in [3.05, 3.63) is 33.7 Å². The molecule has 0 N–H and O–H groups in total. The van der Waals surface area contributed by atoms with Crippen LogP contribution in [0.1, 0.15) is 42.9 Å². The molecule has 5 heterocycles. The first-order chi connectivity index (χ1) is 13.2. The van der Waals surface area contributed by atoms with Gasteiger partial charge in [-0.1, -0.05) is 12.5 Å². The highest BCUT2D eigenvalue weighted by Gasteiger charge is 2.40. The van der Waals surface area contributed by atoms with E-state index in [1.807, 2.05) is 0 Å². The molecule has 6 rings (SSSR count). The van der Waals surface area contributed by atoms with Crippen LogP contribution in [0.4, 0.5) is 0 Å². The van der Waals surface area contributed by atoms with Crippen molar-refractivity contribution in [1.82, 2.24) is 14.4 Å². The number of pyridine rings is 1. The molecule has 5 nitrogen and oxygen atoms in total. The van der Waals surface area contributed by atoms with Crippen LogP contribution in [0.2, 0.25) is 0 Å². The molecule has 0 aromatic carbocycles. The summed E-state index contributed by atoms with van der Waals surface area (Å²) in [6.07, 6.45) is 5.46. The highest BCUT2D eigenvalue weighted by atomic mass is 16.5. The molecule has 146 valence electrons. The molecule has 1 saturated carbocycles. The Morgan fingerprint density at radius 3 is 2.56 bits per heavy atom. The van der Waals surface area contributed by atoms with Gasteiger partial charge in [-0.05, 0) is 43.1 Å². The van der Waals surface area contributed by atoms with E-state index in [2.05, 4.69) is 26.5 Å². The van der Waals surface area contributed by atoms with E-state index < -0.39 is 0 Å². The highest BCUT2D eigenvalue weighted by molar-refractivity contribution is 5.23. The van der Waals surface area contributed by atoms with Crippen molar-refractivity contribution in [3.63, 3.8) is 0 Å². The first-order valence-electron chi connectivity index (χ1n) is 11.0. The van der Waals surface area contributed by atoms with Crippen LogP contribution in [0.15, 0.2) is 16.9 Å². The summed E-state index contributed by atoms with van der Waals surface area (Å²) in [5, 5.41) is 0. The minimum absolute atomic E-state index is 0.291. The fraction of sp³-hybridized carbons (Fsp3) is 0.773. The maximum Gasteiger partial charge on any atom is 0.255 e. The van der Waals surface area contributed by atoms with Crippen molar-refractivity contribution < 1.29 is 4.74 Å². The maximum atomic E-state index is 13.3. The van der Waals surface area contributed by atoms with Crippen molar-refractivity contribution >= 4 is 0 Å². The van der Waals surface area contributed by atoms with Gasteiger partial charge in [-0.2, -0.15) is 0 Å². The summed E-state index contributed by atoms with van der Waals surface area (Å²) >= 11 is 0. The van der Waals surface area contributed by atoms with Crippen LogP contribution in [0.5, 0.6) is 0 Å². The lowest BCUT2D eigenvalue weighted by Crippen LogP contribution is -2.56. The molecular weight excluding hydrogens is 338 g/mol. The normalized spacial score (nSPS) is 36.4. The van der Waals surface area contributed by atoms with Crippen LogP contribution in [0.25, 0.3) is 0 Å².